The van der Waals surface area contributed by atoms with Gasteiger partial charge < -0.3 is 19.3 Å². The lowest BCUT2D eigenvalue weighted by Crippen LogP contribution is -2.07. The zero-order valence-electron chi connectivity index (χ0n) is 24.0. The smallest absolute Gasteiger partial charge is 0.350 e. The van der Waals surface area contributed by atoms with Crippen molar-refractivity contribution in [2.24, 2.45) is 5.92 Å². The molecule has 2 unspecified atom stereocenters. The molecule has 0 aromatic heterocycles. The quantitative estimate of drug-likeness (QED) is 0.107. The molecule has 2 aromatic rings. The van der Waals surface area contributed by atoms with E-state index in [4.69, 9.17) is 19.3 Å². The topological polar surface area (TPSA) is 76.0 Å². The third-order valence-electron chi connectivity index (χ3n) is 7.51. The molecule has 0 amide bonds. The van der Waals surface area contributed by atoms with Gasteiger partial charge in [0.25, 0.3) is 0 Å². The Kier molecular flexibility index (Phi) is 17.2. The second-order valence-electron chi connectivity index (χ2n) is 11.1. The average molecular weight is 549 g/mol. The number of hydrogen-bond donors (Lipinski definition) is 2. The molecular formula is C32H53O5P. The Hall–Kier alpha value is -1.23. The van der Waals surface area contributed by atoms with E-state index in [0.29, 0.717) is 18.4 Å². The highest BCUT2D eigenvalue weighted by molar-refractivity contribution is 7.51. The van der Waals surface area contributed by atoms with Crippen LogP contribution in [0.15, 0.2) is 42.5 Å². The highest BCUT2D eigenvalue weighted by Gasteiger charge is 2.14. The minimum atomic E-state index is -4.06. The molecule has 0 fully saturated rings. The van der Waals surface area contributed by atoms with Gasteiger partial charge in [0.2, 0.25) is 0 Å². The van der Waals surface area contributed by atoms with Crippen LogP contribution < -0.4 is 0 Å². The van der Waals surface area contributed by atoms with Crippen LogP contribution in [0.2, 0.25) is 0 Å². The van der Waals surface area contributed by atoms with Crippen LogP contribution in [0.25, 0.3) is 10.8 Å². The molecule has 5 nitrogen and oxygen atoms in total. The van der Waals surface area contributed by atoms with E-state index in [1.807, 2.05) is 0 Å². The average Bonchev–Trinajstić information content (AvgIpc) is 2.90. The zero-order chi connectivity index (χ0) is 27.5. The standard InChI is InChI=1S/C32H53O5P/c1-3-4-5-8-11-16-29(22-24-37-27-38(33,34)35)17-12-9-6-7-10-15-23-36-26-28(2)31-21-20-30-18-13-14-19-32(30)25-31/h13-14,18-21,25,28-29H,3-12,15-17,22-24,26-27H2,1-2H3,(H2,33,34,35). The van der Waals surface area contributed by atoms with Crippen LogP contribution in [0, 0.1) is 5.92 Å². The Morgan fingerprint density at radius 3 is 2.05 bits per heavy atom. The van der Waals surface area contributed by atoms with E-state index < -0.39 is 13.9 Å². The molecule has 0 radical (unpaired) electrons. The predicted octanol–water partition coefficient (Wildman–Crippen LogP) is 9.21. The van der Waals surface area contributed by atoms with Gasteiger partial charge in [-0.2, -0.15) is 0 Å². The summed E-state index contributed by atoms with van der Waals surface area (Å²) in [6.07, 6.45) is 16.6. The summed E-state index contributed by atoms with van der Waals surface area (Å²) in [4.78, 5) is 18.0. The SMILES string of the molecule is CCCCCCCC(CCCCCCCCOCC(C)c1ccc2ccccc2c1)CCOCP(=O)(O)O. The first-order chi connectivity index (χ1) is 18.4. The van der Waals surface area contributed by atoms with Gasteiger partial charge in [-0.3, -0.25) is 4.57 Å². The number of hydrogen-bond acceptors (Lipinski definition) is 3. The summed E-state index contributed by atoms with van der Waals surface area (Å²) in [6.45, 7) is 6.54. The molecule has 0 aliphatic heterocycles. The summed E-state index contributed by atoms with van der Waals surface area (Å²) >= 11 is 0. The largest absolute Gasteiger partial charge is 0.381 e. The fourth-order valence-electron chi connectivity index (χ4n) is 5.12. The molecule has 0 saturated carbocycles. The van der Waals surface area contributed by atoms with Crippen LogP contribution in [0.4, 0.5) is 0 Å². The van der Waals surface area contributed by atoms with Gasteiger partial charge in [0.15, 0.2) is 0 Å². The van der Waals surface area contributed by atoms with Crippen LogP contribution in [-0.2, 0) is 14.0 Å². The van der Waals surface area contributed by atoms with Gasteiger partial charge in [-0.05, 0) is 35.1 Å². The lowest BCUT2D eigenvalue weighted by Gasteiger charge is -2.17. The first kappa shape index (κ1) is 33.0. The fraction of sp³-hybridized carbons (Fsp3) is 0.688. The molecule has 0 aliphatic rings. The van der Waals surface area contributed by atoms with E-state index in [1.54, 1.807) is 0 Å². The summed E-state index contributed by atoms with van der Waals surface area (Å²) in [6, 6.07) is 15.2. The maximum Gasteiger partial charge on any atom is 0.350 e. The van der Waals surface area contributed by atoms with Crippen molar-refractivity contribution in [1.82, 2.24) is 0 Å². The third-order valence-corrected chi connectivity index (χ3v) is 8.03. The molecule has 216 valence electrons. The van der Waals surface area contributed by atoms with Gasteiger partial charge in [-0.15, -0.1) is 0 Å². The molecule has 0 aliphatic carbocycles. The molecule has 0 bridgehead atoms. The summed E-state index contributed by atoms with van der Waals surface area (Å²) in [5.41, 5.74) is 1.34. The maximum absolute atomic E-state index is 11.0. The maximum atomic E-state index is 11.0. The van der Waals surface area contributed by atoms with Crippen molar-refractivity contribution in [3.8, 4) is 0 Å². The van der Waals surface area contributed by atoms with Crippen molar-refractivity contribution < 1.29 is 23.8 Å². The molecular weight excluding hydrogens is 495 g/mol. The van der Waals surface area contributed by atoms with Gasteiger partial charge in [-0.1, -0.05) is 133 Å². The van der Waals surface area contributed by atoms with E-state index in [2.05, 4.69) is 56.3 Å². The highest BCUT2D eigenvalue weighted by Crippen LogP contribution is 2.34. The molecule has 2 rings (SSSR count). The van der Waals surface area contributed by atoms with Crippen molar-refractivity contribution in [3.63, 3.8) is 0 Å². The van der Waals surface area contributed by atoms with E-state index in [1.165, 1.54) is 93.4 Å². The molecule has 0 spiro atoms. The number of unbranched alkanes of at least 4 members (excludes halogenated alkanes) is 9. The van der Waals surface area contributed by atoms with Crippen LogP contribution in [0.3, 0.4) is 0 Å². The zero-order valence-corrected chi connectivity index (χ0v) is 24.9. The first-order valence-electron chi connectivity index (χ1n) is 15.1. The third kappa shape index (κ3) is 15.4. The molecule has 6 heteroatoms. The van der Waals surface area contributed by atoms with Crippen molar-refractivity contribution in [3.05, 3.63) is 48.0 Å². The van der Waals surface area contributed by atoms with Crippen LogP contribution in [0.1, 0.15) is 115 Å². The molecule has 2 atom stereocenters. The Labute approximate surface area is 231 Å². The van der Waals surface area contributed by atoms with Crippen molar-refractivity contribution in [2.45, 2.75) is 110 Å². The van der Waals surface area contributed by atoms with Gasteiger partial charge in [-0.25, -0.2) is 0 Å². The van der Waals surface area contributed by atoms with Gasteiger partial charge in [0.05, 0.1) is 6.61 Å². The Balaban J connectivity index is 1.51. The molecule has 0 heterocycles. The lowest BCUT2D eigenvalue weighted by atomic mass is 9.92. The van der Waals surface area contributed by atoms with Crippen molar-refractivity contribution in [1.29, 1.82) is 0 Å². The summed E-state index contributed by atoms with van der Waals surface area (Å²) in [7, 11) is -4.06. The number of fused-ring (bicyclic) bond motifs is 1. The van der Waals surface area contributed by atoms with E-state index in [0.717, 1.165) is 26.1 Å². The van der Waals surface area contributed by atoms with Crippen molar-refractivity contribution in [2.75, 3.05) is 26.2 Å². The van der Waals surface area contributed by atoms with Gasteiger partial charge >= 0.3 is 7.60 Å². The molecule has 2 aromatic carbocycles. The summed E-state index contributed by atoms with van der Waals surface area (Å²) < 4.78 is 22.2. The van der Waals surface area contributed by atoms with Crippen LogP contribution in [0.5, 0.6) is 0 Å². The van der Waals surface area contributed by atoms with Gasteiger partial charge in [0.1, 0.15) is 6.35 Å². The number of ether oxygens (including phenoxy) is 2. The predicted molar refractivity (Wildman–Crippen MR) is 160 cm³/mol. The Bertz CT molecular complexity index is 912. The van der Waals surface area contributed by atoms with Gasteiger partial charge in [0, 0.05) is 19.1 Å². The Morgan fingerprint density at radius 2 is 1.37 bits per heavy atom. The van der Waals surface area contributed by atoms with Crippen molar-refractivity contribution >= 4 is 18.4 Å². The highest BCUT2D eigenvalue weighted by atomic mass is 31.2. The Morgan fingerprint density at radius 1 is 0.737 bits per heavy atom. The van der Waals surface area contributed by atoms with E-state index >= 15 is 0 Å². The number of rotatable bonds is 23. The minimum Gasteiger partial charge on any atom is -0.381 e. The fourth-order valence-corrected chi connectivity index (χ4v) is 5.48. The second kappa shape index (κ2) is 19.8. The first-order valence-corrected chi connectivity index (χ1v) is 16.9. The summed E-state index contributed by atoms with van der Waals surface area (Å²) in [5.74, 6) is 1.01. The van der Waals surface area contributed by atoms with Crippen LogP contribution >= 0.6 is 7.60 Å². The van der Waals surface area contributed by atoms with E-state index in [-0.39, 0.29) is 0 Å². The second-order valence-corrected chi connectivity index (χ2v) is 12.6. The monoisotopic (exact) mass is 548 g/mol. The molecule has 0 saturated heterocycles. The molecule has 2 N–H and O–H groups in total. The number of benzene rings is 2. The van der Waals surface area contributed by atoms with Crippen LogP contribution in [-0.4, -0.2) is 36.0 Å². The lowest BCUT2D eigenvalue weighted by molar-refractivity contribution is 0.119. The molecule has 38 heavy (non-hydrogen) atoms. The van der Waals surface area contributed by atoms with E-state index in [9.17, 15) is 4.57 Å². The minimum absolute atomic E-state index is 0.404. The normalized spacial score (nSPS) is 13.7. The summed E-state index contributed by atoms with van der Waals surface area (Å²) in [5, 5.41) is 2.58.